The molecule has 1 aromatic rings. The number of rotatable bonds is 7. The number of benzene rings is 1. The highest BCUT2D eigenvalue weighted by Crippen LogP contribution is 2.22. The second-order valence-corrected chi connectivity index (χ2v) is 6.82. The topological polar surface area (TPSA) is 60.9 Å². The molecule has 1 amide bonds. The Hall–Kier alpha value is -1.95. The normalized spacial score (nSPS) is 19.4. The van der Waals surface area contributed by atoms with Gasteiger partial charge in [-0.2, -0.15) is 0 Å². The minimum Gasteiger partial charge on any atom is -0.480 e. The van der Waals surface area contributed by atoms with Crippen molar-refractivity contribution >= 4 is 11.9 Å². The maximum absolute atomic E-state index is 13.3. The first-order valence-corrected chi connectivity index (χ1v) is 8.89. The number of carboxylic acid groups (broad SMARTS) is 1. The summed E-state index contributed by atoms with van der Waals surface area (Å²) in [7, 11) is 0. The van der Waals surface area contributed by atoms with E-state index in [9.17, 15) is 14.0 Å². The van der Waals surface area contributed by atoms with Gasteiger partial charge in [-0.3, -0.25) is 14.5 Å². The molecule has 5 nitrogen and oxygen atoms in total. The van der Waals surface area contributed by atoms with Gasteiger partial charge in [0.1, 0.15) is 12.4 Å². The predicted octanol–water partition coefficient (Wildman–Crippen LogP) is 2.75. The predicted molar refractivity (Wildman–Crippen MR) is 93.5 cm³/mol. The van der Waals surface area contributed by atoms with Gasteiger partial charge in [0.2, 0.25) is 5.91 Å². The molecule has 0 bridgehead atoms. The summed E-state index contributed by atoms with van der Waals surface area (Å²) in [5, 5.41) is 9.11. The molecule has 0 saturated carbocycles. The second kappa shape index (κ2) is 8.94. The van der Waals surface area contributed by atoms with Crippen LogP contribution < -0.4 is 0 Å². The van der Waals surface area contributed by atoms with Gasteiger partial charge in [0.15, 0.2) is 0 Å². The van der Waals surface area contributed by atoms with Crippen LogP contribution in [0.15, 0.2) is 24.3 Å². The van der Waals surface area contributed by atoms with E-state index in [0.717, 1.165) is 31.4 Å². The standard InChI is InChI=1S/C19H27FN2O3/c1-3-14(2)22(13-18(23)24)19(25)16-7-5-9-21(12-16)11-15-6-4-8-17(20)10-15/h4,6,8,10,14,16H,3,5,7,9,11-13H2,1-2H3,(H,23,24)/t14-,16-/m1/s1. The Morgan fingerprint density at radius 2 is 2.20 bits per heavy atom. The van der Waals surface area contributed by atoms with E-state index in [4.69, 9.17) is 5.11 Å². The van der Waals surface area contributed by atoms with Crippen molar-refractivity contribution in [2.45, 2.75) is 45.7 Å². The van der Waals surface area contributed by atoms with Crippen LogP contribution >= 0.6 is 0 Å². The number of aliphatic carboxylic acids is 1. The van der Waals surface area contributed by atoms with Gasteiger partial charge in [-0.05, 0) is 50.4 Å². The van der Waals surface area contributed by atoms with Crippen molar-refractivity contribution in [2.75, 3.05) is 19.6 Å². The van der Waals surface area contributed by atoms with Gasteiger partial charge >= 0.3 is 5.97 Å². The quantitative estimate of drug-likeness (QED) is 0.821. The van der Waals surface area contributed by atoms with Crippen molar-refractivity contribution in [2.24, 2.45) is 5.92 Å². The van der Waals surface area contributed by atoms with Crippen LogP contribution in [0.2, 0.25) is 0 Å². The number of carbonyl (C=O) groups excluding carboxylic acids is 1. The number of carboxylic acids is 1. The number of piperidine rings is 1. The van der Waals surface area contributed by atoms with Crippen LogP contribution in [0.1, 0.15) is 38.7 Å². The Kier molecular flexibility index (Phi) is 6.93. The molecule has 2 rings (SSSR count). The molecule has 2 atom stereocenters. The van der Waals surface area contributed by atoms with Crippen LogP contribution in [0.25, 0.3) is 0 Å². The van der Waals surface area contributed by atoms with Gasteiger partial charge in [-0.25, -0.2) is 4.39 Å². The van der Waals surface area contributed by atoms with Gasteiger partial charge < -0.3 is 10.0 Å². The molecule has 0 aromatic heterocycles. The Balaban J connectivity index is 2.02. The molecule has 1 fully saturated rings. The summed E-state index contributed by atoms with van der Waals surface area (Å²) < 4.78 is 13.3. The van der Waals surface area contributed by atoms with E-state index in [-0.39, 0.29) is 30.2 Å². The molecule has 1 aromatic carbocycles. The molecule has 0 unspecified atom stereocenters. The molecule has 0 radical (unpaired) electrons. The summed E-state index contributed by atoms with van der Waals surface area (Å²) in [6.07, 6.45) is 2.37. The van der Waals surface area contributed by atoms with Crippen LogP contribution in [-0.2, 0) is 16.1 Å². The van der Waals surface area contributed by atoms with Crippen LogP contribution in [0.3, 0.4) is 0 Å². The highest BCUT2D eigenvalue weighted by molar-refractivity contribution is 5.83. The lowest BCUT2D eigenvalue weighted by atomic mass is 9.95. The first-order valence-electron chi connectivity index (χ1n) is 8.89. The second-order valence-electron chi connectivity index (χ2n) is 6.82. The largest absolute Gasteiger partial charge is 0.480 e. The van der Waals surface area contributed by atoms with Gasteiger partial charge in [-0.1, -0.05) is 19.1 Å². The molecule has 0 aliphatic carbocycles. The van der Waals surface area contributed by atoms with Crippen molar-refractivity contribution in [1.29, 1.82) is 0 Å². The zero-order valence-electron chi connectivity index (χ0n) is 14.9. The fourth-order valence-electron chi connectivity index (χ4n) is 3.35. The smallest absolute Gasteiger partial charge is 0.323 e. The van der Waals surface area contributed by atoms with Crippen molar-refractivity contribution in [3.8, 4) is 0 Å². The molecule has 0 spiro atoms. The summed E-state index contributed by atoms with van der Waals surface area (Å²) in [6.45, 7) is 5.63. The van der Waals surface area contributed by atoms with Crippen molar-refractivity contribution < 1.29 is 19.1 Å². The number of likely N-dealkylation sites (tertiary alicyclic amines) is 1. The number of carbonyl (C=O) groups is 2. The lowest BCUT2D eigenvalue weighted by Crippen LogP contribution is -2.49. The fourth-order valence-corrected chi connectivity index (χ4v) is 3.35. The minimum absolute atomic E-state index is 0.0827. The Morgan fingerprint density at radius 3 is 2.84 bits per heavy atom. The van der Waals surface area contributed by atoms with E-state index in [1.807, 2.05) is 19.9 Å². The average molecular weight is 350 g/mol. The van der Waals surface area contributed by atoms with Crippen LogP contribution in [-0.4, -0.2) is 52.5 Å². The Labute approximate surface area is 148 Å². The van der Waals surface area contributed by atoms with E-state index in [1.165, 1.54) is 17.0 Å². The molecule has 1 aliphatic heterocycles. The van der Waals surface area contributed by atoms with E-state index in [2.05, 4.69) is 4.90 Å². The molecule has 138 valence electrons. The van der Waals surface area contributed by atoms with Gasteiger partial charge in [-0.15, -0.1) is 0 Å². The highest BCUT2D eigenvalue weighted by Gasteiger charge is 2.32. The average Bonchev–Trinajstić information content (AvgIpc) is 2.58. The number of halogens is 1. The van der Waals surface area contributed by atoms with Crippen molar-refractivity contribution in [3.63, 3.8) is 0 Å². The Bertz CT molecular complexity index is 608. The van der Waals surface area contributed by atoms with Crippen molar-refractivity contribution in [3.05, 3.63) is 35.6 Å². The first-order chi connectivity index (χ1) is 11.9. The maximum atomic E-state index is 13.3. The maximum Gasteiger partial charge on any atom is 0.323 e. The van der Waals surface area contributed by atoms with Crippen LogP contribution in [0.4, 0.5) is 4.39 Å². The number of amides is 1. The third-order valence-electron chi connectivity index (χ3n) is 4.86. The zero-order chi connectivity index (χ0) is 18.4. The first kappa shape index (κ1) is 19.4. The number of hydrogen-bond donors (Lipinski definition) is 1. The molecule has 6 heteroatoms. The molecule has 1 N–H and O–H groups in total. The third-order valence-corrected chi connectivity index (χ3v) is 4.86. The van der Waals surface area contributed by atoms with Gasteiger partial charge in [0.05, 0.1) is 5.92 Å². The summed E-state index contributed by atoms with van der Waals surface area (Å²) in [6, 6.07) is 6.41. The molecule has 1 aliphatic rings. The van der Waals surface area contributed by atoms with Gasteiger partial charge in [0.25, 0.3) is 0 Å². The minimum atomic E-state index is -0.985. The number of nitrogens with zero attached hydrogens (tertiary/aromatic N) is 2. The molecular weight excluding hydrogens is 323 g/mol. The van der Waals surface area contributed by atoms with E-state index in [1.54, 1.807) is 6.07 Å². The molecule has 1 saturated heterocycles. The van der Waals surface area contributed by atoms with E-state index in [0.29, 0.717) is 13.1 Å². The Morgan fingerprint density at radius 1 is 1.44 bits per heavy atom. The van der Waals surface area contributed by atoms with Crippen LogP contribution in [0.5, 0.6) is 0 Å². The van der Waals surface area contributed by atoms with E-state index < -0.39 is 5.97 Å². The fraction of sp³-hybridized carbons (Fsp3) is 0.579. The summed E-state index contributed by atoms with van der Waals surface area (Å²) in [4.78, 5) is 27.6. The summed E-state index contributed by atoms with van der Waals surface area (Å²) >= 11 is 0. The molecular formula is C19H27FN2O3. The lowest BCUT2D eigenvalue weighted by molar-refractivity contribution is -0.149. The zero-order valence-corrected chi connectivity index (χ0v) is 14.9. The SMILES string of the molecule is CC[C@@H](C)N(CC(=O)O)C(=O)[C@@H]1CCCN(Cc2cccc(F)c2)C1. The lowest BCUT2D eigenvalue weighted by Gasteiger charge is -2.36. The summed E-state index contributed by atoms with van der Waals surface area (Å²) in [5.41, 5.74) is 0.886. The van der Waals surface area contributed by atoms with Crippen molar-refractivity contribution in [1.82, 2.24) is 9.80 Å². The van der Waals surface area contributed by atoms with Crippen LogP contribution in [0, 0.1) is 11.7 Å². The molecule has 1 heterocycles. The summed E-state index contributed by atoms with van der Waals surface area (Å²) in [5.74, 6) is -1.52. The molecule has 25 heavy (non-hydrogen) atoms. The monoisotopic (exact) mass is 350 g/mol. The van der Waals surface area contributed by atoms with E-state index >= 15 is 0 Å². The highest BCUT2D eigenvalue weighted by atomic mass is 19.1. The third kappa shape index (κ3) is 5.53. The van der Waals surface area contributed by atoms with Gasteiger partial charge in [0, 0.05) is 19.1 Å². The number of hydrogen-bond acceptors (Lipinski definition) is 3.